The van der Waals surface area contributed by atoms with Gasteiger partial charge in [-0.05, 0) is 24.1 Å². The summed E-state index contributed by atoms with van der Waals surface area (Å²) in [4.78, 5) is 11.4. The molecule has 0 saturated carbocycles. The Morgan fingerprint density at radius 2 is 2.22 bits per heavy atom. The molecule has 1 fully saturated rings. The summed E-state index contributed by atoms with van der Waals surface area (Å²) in [5.41, 5.74) is 2.36. The summed E-state index contributed by atoms with van der Waals surface area (Å²) in [6.07, 6.45) is 5.23. The van der Waals surface area contributed by atoms with Crippen LogP contribution in [0.3, 0.4) is 0 Å². The summed E-state index contributed by atoms with van der Waals surface area (Å²) in [5.74, 6) is 1.49. The highest BCUT2D eigenvalue weighted by molar-refractivity contribution is 7.22. The maximum atomic E-state index is 4.60. The fourth-order valence-electron chi connectivity index (χ4n) is 3.50. The zero-order valence-corrected chi connectivity index (χ0v) is 16.5. The minimum absolute atomic E-state index is 0.526. The minimum atomic E-state index is 0.526. The third-order valence-electron chi connectivity index (χ3n) is 4.87. The van der Waals surface area contributed by atoms with Crippen molar-refractivity contribution in [2.24, 2.45) is 12.0 Å². The van der Waals surface area contributed by atoms with Gasteiger partial charge in [0, 0.05) is 52.4 Å². The van der Waals surface area contributed by atoms with Crippen LogP contribution in [0.4, 0.5) is 5.13 Å². The van der Waals surface area contributed by atoms with Crippen molar-refractivity contribution >= 4 is 32.6 Å². The molecule has 8 heteroatoms. The third kappa shape index (κ3) is 4.05. The van der Waals surface area contributed by atoms with Crippen molar-refractivity contribution in [1.82, 2.24) is 25.0 Å². The van der Waals surface area contributed by atoms with E-state index in [4.69, 9.17) is 0 Å². The fourth-order valence-corrected chi connectivity index (χ4v) is 4.39. The molecule has 1 aromatic carbocycles. The topological polar surface area (TPSA) is 70.4 Å². The smallest absolute Gasteiger partial charge is 0.193 e. The number of thiazole rings is 1. The van der Waals surface area contributed by atoms with E-state index in [2.05, 4.69) is 42.9 Å². The van der Waals surface area contributed by atoms with Gasteiger partial charge in [0.15, 0.2) is 11.1 Å². The number of para-hydroxylation sites is 1. The predicted molar refractivity (Wildman–Crippen MR) is 112 cm³/mol. The van der Waals surface area contributed by atoms with Gasteiger partial charge in [-0.2, -0.15) is 5.10 Å². The first-order valence-corrected chi connectivity index (χ1v) is 10.1. The number of aryl methyl sites for hydroxylation is 1. The lowest BCUT2D eigenvalue weighted by Gasteiger charge is -2.21. The van der Waals surface area contributed by atoms with Crippen LogP contribution in [-0.4, -0.2) is 58.9 Å². The van der Waals surface area contributed by atoms with Gasteiger partial charge in [0.2, 0.25) is 0 Å². The number of aromatic nitrogens is 3. The quantitative estimate of drug-likeness (QED) is 0.402. The lowest BCUT2D eigenvalue weighted by molar-refractivity contribution is 0.487. The summed E-state index contributed by atoms with van der Waals surface area (Å²) in [6.45, 7) is 3.61. The Balaban J connectivity index is 1.26. The van der Waals surface area contributed by atoms with Crippen LogP contribution in [-0.2, 0) is 7.05 Å². The van der Waals surface area contributed by atoms with Crippen molar-refractivity contribution in [3.8, 4) is 0 Å². The fraction of sp³-hybridized carbons (Fsp3) is 0.421. The summed E-state index contributed by atoms with van der Waals surface area (Å²) >= 11 is 1.69. The second kappa shape index (κ2) is 7.96. The summed E-state index contributed by atoms with van der Waals surface area (Å²) in [6, 6.07) is 8.21. The molecule has 1 unspecified atom stereocenters. The molecule has 3 aromatic rings. The average Bonchev–Trinajstić information content (AvgIpc) is 3.40. The Kier molecular flexibility index (Phi) is 5.24. The summed E-state index contributed by atoms with van der Waals surface area (Å²) in [7, 11) is 3.82. The number of likely N-dealkylation sites (tertiary alicyclic amines) is 1. The predicted octanol–water partition coefficient (Wildman–Crippen LogP) is 2.51. The van der Waals surface area contributed by atoms with Gasteiger partial charge in [-0.3, -0.25) is 9.67 Å². The van der Waals surface area contributed by atoms with E-state index < -0.39 is 0 Å². The Bertz CT molecular complexity index is 896. The number of nitrogens with zero attached hydrogens (tertiary/aromatic N) is 5. The van der Waals surface area contributed by atoms with Gasteiger partial charge in [0.25, 0.3) is 0 Å². The number of fused-ring (bicyclic) bond motifs is 1. The van der Waals surface area contributed by atoms with E-state index in [-0.39, 0.29) is 0 Å². The molecular weight excluding hydrogens is 358 g/mol. The van der Waals surface area contributed by atoms with E-state index >= 15 is 0 Å². The first-order chi connectivity index (χ1) is 13.2. The van der Waals surface area contributed by atoms with Gasteiger partial charge >= 0.3 is 0 Å². The monoisotopic (exact) mass is 383 g/mol. The molecule has 7 nitrogen and oxygen atoms in total. The highest BCUT2D eigenvalue weighted by Gasteiger charge is 2.26. The molecule has 0 spiro atoms. The largest absolute Gasteiger partial charge is 0.360 e. The molecule has 1 aliphatic rings. The Morgan fingerprint density at radius 1 is 1.33 bits per heavy atom. The first kappa shape index (κ1) is 17.8. The Labute approximate surface area is 163 Å². The van der Waals surface area contributed by atoms with Crippen LogP contribution >= 0.6 is 11.3 Å². The van der Waals surface area contributed by atoms with E-state index in [9.17, 15) is 0 Å². The van der Waals surface area contributed by atoms with Crippen LogP contribution in [0.15, 0.2) is 41.7 Å². The van der Waals surface area contributed by atoms with E-state index in [0.29, 0.717) is 5.92 Å². The zero-order chi connectivity index (χ0) is 18.6. The molecule has 0 bridgehead atoms. The van der Waals surface area contributed by atoms with E-state index in [1.165, 1.54) is 10.3 Å². The highest BCUT2D eigenvalue weighted by Crippen LogP contribution is 2.27. The molecule has 4 rings (SSSR count). The van der Waals surface area contributed by atoms with Gasteiger partial charge in [-0.1, -0.05) is 23.5 Å². The van der Waals surface area contributed by atoms with E-state index in [0.717, 1.165) is 49.2 Å². The molecule has 0 amide bonds. The molecule has 2 N–H and O–H groups in total. The summed E-state index contributed by atoms with van der Waals surface area (Å²) < 4.78 is 3.08. The van der Waals surface area contributed by atoms with Gasteiger partial charge in [-0.25, -0.2) is 4.98 Å². The first-order valence-electron chi connectivity index (χ1n) is 9.26. The van der Waals surface area contributed by atoms with Crippen LogP contribution in [0.1, 0.15) is 17.9 Å². The molecule has 0 aliphatic carbocycles. The Morgan fingerprint density at radius 3 is 3.00 bits per heavy atom. The minimum Gasteiger partial charge on any atom is -0.360 e. The molecule has 0 radical (unpaired) electrons. The number of rotatable bonds is 5. The van der Waals surface area contributed by atoms with Crippen LogP contribution in [0.25, 0.3) is 10.2 Å². The zero-order valence-electron chi connectivity index (χ0n) is 15.7. The SMILES string of the molecule is CN=C(NCCNc1nc2ccccc2s1)N1CCC(c2cnn(C)c2)C1. The molecule has 1 saturated heterocycles. The second-order valence-corrected chi connectivity index (χ2v) is 7.80. The molecule has 142 valence electrons. The average molecular weight is 384 g/mol. The number of hydrogen-bond donors (Lipinski definition) is 2. The van der Waals surface area contributed by atoms with Crippen molar-refractivity contribution in [2.45, 2.75) is 12.3 Å². The van der Waals surface area contributed by atoms with E-state index in [1.807, 2.05) is 43.2 Å². The maximum Gasteiger partial charge on any atom is 0.193 e. The number of hydrogen-bond acceptors (Lipinski definition) is 5. The van der Waals surface area contributed by atoms with Gasteiger partial charge in [0.1, 0.15) is 0 Å². The van der Waals surface area contributed by atoms with Crippen molar-refractivity contribution in [1.29, 1.82) is 0 Å². The number of benzene rings is 1. The van der Waals surface area contributed by atoms with Crippen LogP contribution < -0.4 is 10.6 Å². The molecular formula is C19H25N7S. The second-order valence-electron chi connectivity index (χ2n) is 6.77. The number of guanidine groups is 1. The third-order valence-corrected chi connectivity index (χ3v) is 5.87. The lowest BCUT2D eigenvalue weighted by atomic mass is 10.0. The molecule has 1 aliphatic heterocycles. The van der Waals surface area contributed by atoms with Gasteiger partial charge in [-0.15, -0.1) is 0 Å². The molecule has 1 atom stereocenters. The lowest BCUT2D eigenvalue weighted by Crippen LogP contribution is -2.41. The molecule has 3 heterocycles. The van der Waals surface area contributed by atoms with Crippen LogP contribution in [0.2, 0.25) is 0 Å². The highest BCUT2D eigenvalue weighted by atomic mass is 32.1. The van der Waals surface area contributed by atoms with Gasteiger partial charge in [0.05, 0.1) is 16.4 Å². The van der Waals surface area contributed by atoms with Gasteiger partial charge < -0.3 is 15.5 Å². The molecule has 2 aromatic heterocycles. The number of anilines is 1. The van der Waals surface area contributed by atoms with Crippen molar-refractivity contribution in [3.63, 3.8) is 0 Å². The van der Waals surface area contributed by atoms with Crippen molar-refractivity contribution in [3.05, 3.63) is 42.2 Å². The standard InChI is InChI=1S/C19H25N7S/c1-20-18(26-10-7-14(13-26)15-11-23-25(2)12-15)21-8-9-22-19-24-16-5-3-4-6-17(16)27-19/h3-6,11-12,14H,7-10,13H2,1-2H3,(H,20,21)(H,22,24). The number of nitrogens with one attached hydrogen (secondary N) is 2. The Hall–Kier alpha value is -2.61. The maximum absolute atomic E-state index is 4.60. The number of aliphatic imine (C=N–C) groups is 1. The van der Waals surface area contributed by atoms with Crippen LogP contribution in [0.5, 0.6) is 0 Å². The van der Waals surface area contributed by atoms with Crippen molar-refractivity contribution < 1.29 is 0 Å². The summed E-state index contributed by atoms with van der Waals surface area (Å²) in [5, 5.41) is 12.1. The van der Waals surface area contributed by atoms with Crippen LogP contribution in [0, 0.1) is 0 Å². The normalized spacial score (nSPS) is 17.6. The molecule has 27 heavy (non-hydrogen) atoms. The van der Waals surface area contributed by atoms with E-state index in [1.54, 1.807) is 11.3 Å². The van der Waals surface area contributed by atoms with Crippen molar-refractivity contribution in [2.75, 3.05) is 38.5 Å².